The summed E-state index contributed by atoms with van der Waals surface area (Å²) in [6.45, 7) is 5.49. The molecule has 1 fully saturated rings. The molecule has 1 aliphatic heterocycles. The van der Waals surface area contributed by atoms with Gasteiger partial charge in [-0.3, -0.25) is 19.4 Å². The molecule has 1 aromatic heterocycles. The van der Waals surface area contributed by atoms with Crippen LogP contribution in [0.1, 0.15) is 27.6 Å². The van der Waals surface area contributed by atoms with Crippen LogP contribution in [0.25, 0.3) is 10.2 Å². The number of morpholine rings is 1. The van der Waals surface area contributed by atoms with Crippen molar-refractivity contribution in [1.29, 1.82) is 0 Å². The molecule has 0 spiro atoms. The molecule has 0 atom stereocenters. The van der Waals surface area contributed by atoms with E-state index in [2.05, 4.69) is 9.88 Å². The van der Waals surface area contributed by atoms with Gasteiger partial charge in [0.2, 0.25) is 0 Å². The number of thiazole rings is 1. The Hall–Kier alpha value is -2.37. The number of amides is 1. The topological polar surface area (TPSA) is 96.9 Å². The zero-order valence-corrected chi connectivity index (χ0v) is 21.3. The molecule has 1 amide bonds. The standard InChI is InChI=1S/C23H25N3O5S2.ClH/c1-16(27)17-3-5-18(6-4-17)22(28)26(10-9-25-11-13-31-14-12-25)23-24-20-8-7-19(33(2,29)30)15-21(20)32-23;/h3-8,15H,9-14H2,1-2H3;1H. The lowest BCUT2D eigenvalue weighted by atomic mass is 10.1. The smallest absolute Gasteiger partial charge is 0.260 e. The van der Waals surface area contributed by atoms with Crippen molar-refractivity contribution in [2.45, 2.75) is 11.8 Å². The second-order valence-electron chi connectivity index (χ2n) is 7.94. The first-order chi connectivity index (χ1) is 15.7. The van der Waals surface area contributed by atoms with E-state index in [-0.39, 0.29) is 29.0 Å². The average Bonchev–Trinajstić information content (AvgIpc) is 3.22. The van der Waals surface area contributed by atoms with Crippen molar-refractivity contribution in [3.05, 3.63) is 53.6 Å². The fourth-order valence-electron chi connectivity index (χ4n) is 3.59. The van der Waals surface area contributed by atoms with E-state index < -0.39 is 9.84 Å². The number of hydrogen-bond donors (Lipinski definition) is 0. The van der Waals surface area contributed by atoms with Gasteiger partial charge in [-0.1, -0.05) is 23.5 Å². The van der Waals surface area contributed by atoms with Gasteiger partial charge < -0.3 is 4.74 Å². The van der Waals surface area contributed by atoms with Crippen LogP contribution in [0.15, 0.2) is 47.4 Å². The van der Waals surface area contributed by atoms with Gasteiger partial charge in [0, 0.05) is 43.6 Å². The first-order valence-corrected chi connectivity index (χ1v) is 13.3. The molecule has 182 valence electrons. The molecule has 0 N–H and O–H groups in total. The van der Waals surface area contributed by atoms with Crippen LogP contribution in [0, 0.1) is 0 Å². The quantitative estimate of drug-likeness (QED) is 0.438. The molecule has 2 heterocycles. The van der Waals surface area contributed by atoms with E-state index in [4.69, 9.17) is 4.74 Å². The highest BCUT2D eigenvalue weighted by molar-refractivity contribution is 7.90. The van der Waals surface area contributed by atoms with E-state index in [1.807, 2.05) is 0 Å². The van der Waals surface area contributed by atoms with E-state index in [9.17, 15) is 18.0 Å². The maximum Gasteiger partial charge on any atom is 0.260 e. The Morgan fingerprint density at radius 1 is 1.09 bits per heavy atom. The predicted molar refractivity (Wildman–Crippen MR) is 135 cm³/mol. The number of fused-ring (bicyclic) bond motifs is 1. The normalized spacial score (nSPS) is 14.5. The van der Waals surface area contributed by atoms with Crippen molar-refractivity contribution < 1.29 is 22.7 Å². The lowest BCUT2D eigenvalue weighted by molar-refractivity contribution is 0.0391. The number of rotatable bonds is 7. The number of ketones is 1. The maximum absolute atomic E-state index is 13.5. The van der Waals surface area contributed by atoms with Crippen LogP contribution in [0.2, 0.25) is 0 Å². The molecule has 0 bridgehead atoms. The second kappa shape index (κ2) is 10.9. The van der Waals surface area contributed by atoms with Gasteiger partial charge in [-0.05, 0) is 37.3 Å². The van der Waals surface area contributed by atoms with Crippen LogP contribution in [0.5, 0.6) is 0 Å². The van der Waals surface area contributed by atoms with Crippen LogP contribution >= 0.6 is 23.7 Å². The summed E-state index contributed by atoms with van der Waals surface area (Å²) in [5.41, 5.74) is 1.64. The van der Waals surface area contributed by atoms with Crippen molar-refractivity contribution in [2.24, 2.45) is 0 Å². The number of nitrogens with zero attached hydrogens (tertiary/aromatic N) is 3. The Bertz CT molecular complexity index is 1290. The number of anilines is 1. The molecular formula is C23H26ClN3O5S2. The lowest BCUT2D eigenvalue weighted by Gasteiger charge is -2.29. The van der Waals surface area contributed by atoms with E-state index in [1.165, 1.54) is 30.6 Å². The van der Waals surface area contributed by atoms with Crippen molar-refractivity contribution in [3.63, 3.8) is 0 Å². The van der Waals surface area contributed by atoms with Gasteiger partial charge in [0.15, 0.2) is 20.8 Å². The third-order valence-electron chi connectivity index (χ3n) is 5.53. The summed E-state index contributed by atoms with van der Waals surface area (Å²) in [7, 11) is -3.35. The Morgan fingerprint density at radius 3 is 2.35 bits per heavy atom. The summed E-state index contributed by atoms with van der Waals surface area (Å²) in [5.74, 6) is -0.285. The number of ether oxygens (including phenoxy) is 1. The Labute approximate surface area is 208 Å². The average molecular weight is 524 g/mol. The molecule has 11 heteroatoms. The molecule has 8 nitrogen and oxygen atoms in total. The van der Waals surface area contributed by atoms with Gasteiger partial charge >= 0.3 is 0 Å². The first-order valence-electron chi connectivity index (χ1n) is 10.6. The van der Waals surface area contributed by atoms with Gasteiger partial charge in [-0.25, -0.2) is 13.4 Å². The van der Waals surface area contributed by atoms with Crippen molar-refractivity contribution >= 4 is 60.6 Å². The Kier molecular flexibility index (Phi) is 8.43. The lowest BCUT2D eigenvalue weighted by Crippen LogP contribution is -2.43. The van der Waals surface area contributed by atoms with E-state index in [0.29, 0.717) is 52.8 Å². The SMILES string of the molecule is CC(=O)c1ccc(C(=O)N(CCN2CCOCC2)c2nc3ccc(S(C)(=O)=O)cc3s2)cc1.Cl. The molecule has 3 aromatic rings. The van der Waals surface area contributed by atoms with Crippen LogP contribution in [-0.2, 0) is 14.6 Å². The van der Waals surface area contributed by atoms with Gasteiger partial charge in [0.25, 0.3) is 5.91 Å². The van der Waals surface area contributed by atoms with E-state index >= 15 is 0 Å². The Morgan fingerprint density at radius 2 is 1.74 bits per heavy atom. The van der Waals surface area contributed by atoms with Crippen LogP contribution in [0.4, 0.5) is 5.13 Å². The molecule has 0 radical (unpaired) electrons. The third kappa shape index (κ3) is 6.00. The zero-order chi connectivity index (χ0) is 23.6. The minimum absolute atomic E-state index is 0. The number of aromatic nitrogens is 1. The summed E-state index contributed by atoms with van der Waals surface area (Å²) in [5, 5.41) is 0.504. The fraction of sp³-hybridized carbons (Fsp3) is 0.348. The number of benzene rings is 2. The molecular weight excluding hydrogens is 498 g/mol. The molecule has 0 saturated carbocycles. The van der Waals surface area contributed by atoms with Gasteiger partial charge in [0.05, 0.1) is 28.3 Å². The van der Waals surface area contributed by atoms with Gasteiger partial charge in [-0.15, -0.1) is 12.4 Å². The third-order valence-corrected chi connectivity index (χ3v) is 7.69. The first kappa shape index (κ1) is 26.2. The highest BCUT2D eigenvalue weighted by atomic mass is 35.5. The highest BCUT2D eigenvalue weighted by Crippen LogP contribution is 2.31. The second-order valence-corrected chi connectivity index (χ2v) is 11.0. The maximum atomic E-state index is 13.5. The zero-order valence-electron chi connectivity index (χ0n) is 18.9. The fourth-order valence-corrected chi connectivity index (χ4v) is 5.34. The summed E-state index contributed by atoms with van der Waals surface area (Å²) < 4.78 is 30.0. The molecule has 34 heavy (non-hydrogen) atoms. The summed E-state index contributed by atoms with van der Waals surface area (Å²) in [6, 6.07) is 11.4. The summed E-state index contributed by atoms with van der Waals surface area (Å²) >= 11 is 1.29. The van der Waals surface area contributed by atoms with Crippen molar-refractivity contribution in [1.82, 2.24) is 9.88 Å². The summed E-state index contributed by atoms with van der Waals surface area (Å²) in [4.78, 5) is 33.8. The summed E-state index contributed by atoms with van der Waals surface area (Å²) in [6.07, 6.45) is 1.17. The van der Waals surface area contributed by atoms with Gasteiger partial charge in [-0.2, -0.15) is 0 Å². The monoisotopic (exact) mass is 523 g/mol. The van der Waals surface area contributed by atoms with E-state index in [0.717, 1.165) is 13.1 Å². The minimum atomic E-state index is -3.35. The highest BCUT2D eigenvalue weighted by Gasteiger charge is 2.23. The largest absolute Gasteiger partial charge is 0.379 e. The van der Waals surface area contributed by atoms with Crippen molar-refractivity contribution in [2.75, 3.05) is 50.5 Å². The number of sulfone groups is 1. The molecule has 4 rings (SSSR count). The predicted octanol–water partition coefficient (Wildman–Crippen LogP) is 3.30. The minimum Gasteiger partial charge on any atom is -0.379 e. The van der Waals surface area contributed by atoms with Gasteiger partial charge in [0.1, 0.15) is 0 Å². The molecule has 1 saturated heterocycles. The molecule has 1 aliphatic rings. The number of hydrogen-bond acceptors (Lipinski definition) is 8. The number of halogens is 1. The van der Waals surface area contributed by atoms with E-state index in [1.54, 1.807) is 41.3 Å². The number of Topliss-reactive ketones (excluding diaryl/α,β-unsaturated/α-hetero) is 1. The molecule has 0 aliphatic carbocycles. The van der Waals surface area contributed by atoms with Crippen LogP contribution < -0.4 is 4.90 Å². The van der Waals surface area contributed by atoms with Crippen LogP contribution in [-0.4, -0.2) is 75.6 Å². The number of carbonyl (C=O) groups excluding carboxylic acids is 2. The molecule has 2 aromatic carbocycles. The molecule has 0 unspecified atom stereocenters. The van der Waals surface area contributed by atoms with Crippen LogP contribution in [0.3, 0.4) is 0 Å². The Balaban J connectivity index is 0.00000324. The number of carbonyl (C=O) groups is 2. The van der Waals surface area contributed by atoms with Crippen molar-refractivity contribution in [3.8, 4) is 0 Å².